The summed E-state index contributed by atoms with van der Waals surface area (Å²) in [5.74, 6) is 0.00546. The summed E-state index contributed by atoms with van der Waals surface area (Å²) in [6.45, 7) is 11.7. The first-order valence-corrected chi connectivity index (χ1v) is 8.92. The zero-order chi connectivity index (χ0) is 17.7. The molecule has 0 spiro atoms. The molecule has 0 aromatic heterocycles. The molecule has 2 atom stereocenters. The first kappa shape index (κ1) is 18.7. The number of hydrogen-bond donors (Lipinski definition) is 1. The second-order valence-corrected chi connectivity index (χ2v) is 7.36. The van der Waals surface area contributed by atoms with Crippen LogP contribution in [0.15, 0.2) is 60.7 Å². The van der Waals surface area contributed by atoms with Crippen molar-refractivity contribution in [2.24, 2.45) is 0 Å². The molecular formula is C22H31NO. The highest BCUT2D eigenvalue weighted by atomic mass is 16.3. The van der Waals surface area contributed by atoms with Crippen LogP contribution in [0.5, 0.6) is 0 Å². The lowest BCUT2D eigenvalue weighted by atomic mass is 9.78. The Bertz CT molecular complexity index is 596. The topological polar surface area (TPSA) is 23.5 Å². The zero-order valence-electron chi connectivity index (χ0n) is 15.6. The molecule has 0 saturated heterocycles. The van der Waals surface area contributed by atoms with Gasteiger partial charge in [0.2, 0.25) is 0 Å². The third-order valence-corrected chi connectivity index (χ3v) is 4.96. The van der Waals surface area contributed by atoms with Gasteiger partial charge in [0.1, 0.15) is 0 Å². The van der Waals surface area contributed by atoms with E-state index in [-0.39, 0.29) is 5.92 Å². The maximum atomic E-state index is 11.5. The van der Waals surface area contributed by atoms with E-state index in [2.05, 4.69) is 56.9 Å². The summed E-state index contributed by atoms with van der Waals surface area (Å²) >= 11 is 0. The number of aliphatic hydroxyl groups is 1. The Balaban J connectivity index is 2.44. The summed E-state index contributed by atoms with van der Waals surface area (Å²) in [7, 11) is 0. The SMILES string of the molecule is CC(C)N(C[C@H](c1ccccc1)[C@](C)(O)c1ccccc1)C(C)C. The Morgan fingerprint density at radius 1 is 0.833 bits per heavy atom. The van der Waals surface area contributed by atoms with Crippen LogP contribution in [-0.4, -0.2) is 28.6 Å². The third-order valence-electron chi connectivity index (χ3n) is 4.96. The first-order valence-electron chi connectivity index (χ1n) is 8.92. The average Bonchev–Trinajstić information content (AvgIpc) is 2.56. The second-order valence-electron chi connectivity index (χ2n) is 7.36. The van der Waals surface area contributed by atoms with Crippen molar-refractivity contribution in [3.8, 4) is 0 Å². The van der Waals surface area contributed by atoms with Gasteiger partial charge < -0.3 is 5.11 Å². The molecule has 0 radical (unpaired) electrons. The lowest BCUT2D eigenvalue weighted by Crippen LogP contribution is -2.45. The molecule has 0 bridgehead atoms. The fourth-order valence-corrected chi connectivity index (χ4v) is 3.50. The van der Waals surface area contributed by atoms with Gasteiger partial charge in [-0.25, -0.2) is 0 Å². The summed E-state index contributed by atoms with van der Waals surface area (Å²) in [5.41, 5.74) is 1.22. The lowest BCUT2D eigenvalue weighted by Gasteiger charge is -2.40. The van der Waals surface area contributed by atoms with Gasteiger partial charge in [-0.1, -0.05) is 60.7 Å². The van der Waals surface area contributed by atoms with E-state index in [1.165, 1.54) is 5.56 Å². The van der Waals surface area contributed by atoms with Gasteiger partial charge in [-0.3, -0.25) is 4.90 Å². The Morgan fingerprint density at radius 3 is 1.75 bits per heavy atom. The fraction of sp³-hybridized carbons (Fsp3) is 0.455. The van der Waals surface area contributed by atoms with Crippen molar-refractivity contribution in [2.75, 3.05) is 6.54 Å². The van der Waals surface area contributed by atoms with Crippen LogP contribution in [0, 0.1) is 0 Å². The molecule has 0 aliphatic carbocycles. The largest absolute Gasteiger partial charge is 0.385 e. The number of hydrogen-bond acceptors (Lipinski definition) is 2. The molecule has 0 saturated carbocycles. The summed E-state index contributed by atoms with van der Waals surface area (Å²) in [5, 5.41) is 11.5. The lowest BCUT2D eigenvalue weighted by molar-refractivity contribution is 0.00424. The van der Waals surface area contributed by atoms with Crippen molar-refractivity contribution in [2.45, 2.75) is 58.2 Å². The first-order chi connectivity index (χ1) is 11.3. The molecule has 0 aliphatic heterocycles. The zero-order valence-corrected chi connectivity index (χ0v) is 15.6. The minimum absolute atomic E-state index is 0.00546. The minimum Gasteiger partial charge on any atom is -0.385 e. The van der Waals surface area contributed by atoms with Gasteiger partial charge in [-0.2, -0.15) is 0 Å². The van der Waals surface area contributed by atoms with E-state index in [4.69, 9.17) is 0 Å². The van der Waals surface area contributed by atoms with E-state index in [9.17, 15) is 5.11 Å². The summed E-state index contributed by atoms with van der Waals surface area (Å²) in [6, 6.07) is 21.3. The van der Waals surface area contributed by atoms with Crippen LogP contribution in [0.25, 0.3) is 0 Å². The molecule has 2 aromatic carbocycles. The quantitative estimate of drug-likeness (QED) is 0.790. The van der Waals surface area contributed by atoms with Crippen molar-refractivity contribution in [3.63, 3.8) is 0 Å². The van der Waals surface area contributed by atoms with Crippen LogP contribution in [0.2, 0.25) is 0 Å². The standard InChI is InChI=1S/C22H31NO/c1-17(2)23(18(3)4)16-21(19-12-8-6-9-13-19)22(5,24)20-14-10-7-11-15-20/h6-15,17-18,21,24H,16H2,1-5H3/t21-,22-/m1/s1. The Hall–Kier alpha value is -1.64. The molecular weight excluding hydrogens is 294 g/mol. The molecule has 0 amide bonds. The van der Waals surface area contributed by atoms with E-state index in [1.54, 1.807) is 0 Å². The van der Waals surface area contributed by atoms with Crippen LogP contribution < -0.4 is 0 Å². The maximum absolute atomic E-state index is 11.5. The molecule has 0 unspecified atom stereocenters. The molecule has 2 rings (SSSR count). The number of nitrogens with zero attached hydrogens (tertiary/aromatic N) is 1. The summed E-state index contributed by atoms with van der Waals surface area (Å²) in [4.78, 5) is 2.45. The van der Waals surface area contributed by atoms with E-state index >= 15 is 0 Å². The van der Waals surface area contributed by atoms with E-state index in [0.29, 0.717) is 12.1 Å². The number of benzene rings is 2. The second kappa shape index (κ2) is 7.96. The highest BCUT2D eigenvalue weighted by Gasteiger charge is 2.36. The predicted molar refractivity (Wildman–Crippen MR) is 102 cm³/mol. The molecule has 0 fully saturated rings. The Kier molecular flexibility index (Phi) is 6.20. The highest BCUT2D eigenvalue weighted by molar-refractivity contribution is 5.31. The molecule has 0 aliphatic rings. The summed E-state index contributed by atoms with van der Waals surface area (Å²) in [6.07, 6.45) is 0. The van der Waals surface area contributed by atoms with E-state index in [0.717, 1.165) is 12.1 Å². The van der Waals surface area contributed by atoms with Crippen LogP contribution in [0.1, 0.15) is 51.7 Å². The third kappa shape index (κ3) is 4.25. The molecule has 1 N–H and O–H groups in total. The molecule has 2 aromatic rings. The predicted octanol–water partition coefficient (Wildman–Crippen LogP) is 4.80. The maximum Gasteiger partial charge on any atom is 0.0949 e. The van der Waals surface area contributed by atoms with Gasteiger partial charge in [0, 0.05) is 24.5 Å². The monoisotopic (exact) mass is 325 g/mol. The molecule has 2 heteroatoms. The Labute approximate surface area is 147 Å². The normalized spacial score (nSPS) is 15.7. The van der Waals surface area contributed by atoms with Gasteiger partial charge in [0.05, 0.1) is 5.60 Å². The molecule has 24 heavy (non-hydrogen) atoms. The van der Waals surface area contributed by atoms with Crippen LogP contribution in [-0.2, 0) is 5.60 Å². The van der Waals surface area contributed by atoms with E-state index < -0.39 is 5.60 Å². The van der Waals surface area contributed by atoms with Crippen molar-refractivity contribution in [1.29, 1.82) is 0 Å². The smallest absolute Gasteiger partial charge is 0.0949 e. The Morgan fingerprint density at radius 2 is 1.29 bits per heavy atom. The van der Waals surface area contributed by atoms with Crippen LogP contribution >= 0.6 is 0 Å². The van der Waals surface area contributed by atoms with Crippen LogP contribution in [0.3, 0.4) is 0 Å². The van der Waals surface area contributed by atoms with Gasteiger partial charge >= 0.3 is 0 Å². The number of rotatable bonds is 7. The van der Waals surface area contributed by atoms with Gasteiger partial charge in [-0.05, 0) is 45.7 Å². The summed E-state index contributed by atoms with van der Waals surface area (Å²) < 4.78 is 0. The fourth-order valence-electron chi connectivity index (χ4n) is 3.50. The highest BCUT2D eigenvalue weighted by Crippen LogP contribution is 2.38. The van der Waals surface area contributed by atoms with E-state index in [1.807, 2.05) is 43.3 Å². The van der Waals surface area contributed by atoms with Crippen molar-refractivity contribution in [3.05, 3.63) is 71.8 Å². The van der Waals surface area contributed by atoms with Gasteiger partial charge in [-0.15, -0.1) is 0 Å². The molecule has 130 valence electrons. The molecule has 0 heterocycles. The van der Waals surface area contributed by atoms with Crippen molar-refractivity contribution >= 4 is 0 Å². The van der Waals surface area contributed by atoms with Gasteiger partial charge in [0.25, 0.3) is 0 Å². The van der Waals surface area contributed by atoms with Crippen molar-refractivity contribution < 1.29 is 5.11 Å². The minimum atomic E-state index is -0.926. The van der Waals surface area contributed by atoms with Crippen molar-refractivity contribution in [1.82, 2.24) is 4.90 Å². The van der Waals surface area contributed by atoms with Crippen LogP contribution in [0.4, 0.5) is 0 Å². The van der Waals surface area contributed by atoms with Gasteiger partial charge in [0.15, 0.2) is 0 Å². The molecule has 2 nitrogen and oxygen atoms in total. The average molecular weight is 325 g/mol.